The summed E-state index contributed by atoms with van der Waals surface area (Å²) in [6.07, 6.45) is 9.19. The highest BCUT2D eigenvalue weighted by molar-refractivity contribution is 7.89. The Morgan fingerprint density at radius 2 is 1.78 bits per heavy atom. The van der Waals surface area contributed by atoms with E-state index in [2.05, 4.69) is 9.88 Å². The van der Waals surface area contributed by atoms with Gasteiger partial charge in [-0.1, -0.05) is 31.4 Å². The first-order chi connectivity index (χ1) is 12.9. The molecular formula is C20H27N3O3S. The number of carbonyl (C=O) groups excluding carboxylic acids is 1. The molecule has 2 aromatic rings. The standard InChI is InChI=1S/C20H27N3O3S/c1-27(25,26)14-19-21-17-9-5-6-10-18(17)22(19)13-20(24)23(16-11-12-16)15-7-3-2-4-8-15/h5-6,9-10,15-16H,2-4,7-8,11-14H2,1H3. The first-order valence-corrected chi connectivity index (χ1v) is 11.9. The van der Waals surface area contributed by atoms with Crippen molar-refractivity contribution in [3.8, 4) is 0 Å². The normalized spacial score (nSPS) is 18.7. The molecule has 1 heterocycles. The van der Waals surface area contributed by atoms with Crippen molar-refractivity contribution in [3.05, 3.63) is 30.1 Å². The SMILES string of the molecule is CS(=O)(=O)Cc1nc2ccccc2n1CC(=O)N(C1CCCCC1)C1CC1. The Morgan fingerprint density at radius 1 is 1.11 bits per heavy atom. The molecule has 1 amide bonds. The van der Waals surface area contributed by atoms with Gasteiger partial charge in [-0.05, 0) is 37.8 Å². The number of benzene rings is 1. The van der Waals surface area contributed by atoms with E-state index in [1.807, 2.05) is 24.3 Å². The van der Waals surface area contributed by atoms with Crippen molar-refractivity contribution in [2.75, 3.05) is 6.26 Å². The van der Waals surface area contributed by atoms with Gasteiger partial charge in [0.1, 0.15) is 18.1 Å². The molecule has 2 saturated carbocycles. The fourth-order valence-corrected chi connectivity index (χ4v) is 4.97. The number of sulfone groups is 1. The van der Waals surface area contributed by atoms with Crippen LogP contribution in [0.15, 0.2) is 24.3 Å². The number of hydrogen-bond donors (Lipinski definition) is 0. The van der Waals surface area contributed by atoms with Gasteiger partial charge in [0, 0.05) is 18.3 Å². The van der Waals surface area contributed by atoms with Gasteiger partial charge in [0.25, 0.3) is 0 Å². The highest BCUT2D eigenvalue weighted by Crippen LogP contribution is 2.34. The van der Waals surface area contributed by atoms with Gasteiger partial charge in [0.15, 0.2) is 9.84 Å². The van der Waals surface area contributed by atoms with Crippen LogP contribution in [0, 0.1) is 0 Å². The first kappa shape index (κ1) is 18.5. The molecule has 0 aliphatic heterocycles. The molecule has 4 rings (SSSR count). The maximum atomic E-state index is 13.3. The lowest BCUT2D eigenvalue weighted by Gasteiger charge is -2.35. The van der Waals surface area contributed by atoms with E-state index in [9.17, 15) is 13.2 Å². The van der Waals surface area contributed by atoms with E-state index < -0.39 is 9.84 Å². The summed E-state index contributed by atoms with van der Waals surface area (Å²) in [6.45, 7) is 0.165. The number of aromatic nitrogens is 2. The predicted octanol–water partition coefficient (Wildman–Crippen LogP) is 2.90. The van der Waals surface area contributed by atoms with Crippen LogP contribution in [-0.2, 0) is 26.9 Å². The van der Waals surface area contributed by atoms with E-state index in [-0.39, 0.29) is 18.2 Å². The van der Waals surface area contributed by atoms with Gasteiger partial charge in [0.05, 0.1) is 11.0 Å². The van der Waals surface area contributed by atoms with Crippen molar-refractivity contribution < 1.29 is 13.2 Å². The maximum Gasteiger partial charge on any atom is 0.243 e. The zero-order valence-corrected chi connectivity index (χ0v) is 16.6. The van der Waals surface area contributed by atoms with Gasteiger partial charge in [-0.15, -0.1) is 0 Å². The Morgan fingerprint density at radius 3 is 2.44 bits per heavy atom. The van der Waals surface area contributed by atoms with Gasteiger partial charge in [-0.25, -0.2) is 13.4 Å². The van der Waals surface area contributed by atoms with Crippen LogP contribution in [0.5, 0.6) is 0 Å². The first-order valence-electron chi connectivity index (χ1n) is 9.85. The number of rotatable bonds is 6. The van der Waals surface area contributed by atoms with Crippen LogP contribution in [0.3, 0.4) is 0 Å². The van der Waals surface area contributed by atoms with Gasteiger partial charge >= 0.3 is 0 Å². The molecule has 1 aromatic carbocycles. The third-order valence-corrected chi connectivity index (χ3v) is 6.40. The molecule has 2 fully saturated rings. The monoisotopic (exact) mass is 389 g/mol. The zero-order chi connectivity index (χ0) is 19.0. The number of hydrogen-bond acceptors (Lipinski definition) is 4. The molecule has 0 atom stereocenters. The number of imidazole rings is 1. The number of fused-ring (bicyclic) bond motifs is 1. The van der Waals surface area contributed by atoms with Crippen molar-refractivity contribution in [1.82, 2.24) is 14.5 Å². The maximum absolute atomic E-state index is 13.3. The average molecular weight is 390 g/mol. The molecule has 0 N–H and O–H groups in total. The smallest absolute Gasteiger partial charge is 0.243 e. The summed E-state index contributed by atoms with van der Waals surface area (Å²) in [5, 5.41) is 0. The fourth-order valence-electron chi connectivity index (χ4n) is 4.28. The molecule has 27 heavy (non-hydrogen) atoms. The molecule has 0 radical (unpaired) electrons. The quantitative estimate of drug-likeness (QED) is 0.761. The van der Waals surface area contributed by atoms with Gasteiger partial charge in [0.2, 0.25) is 5.91 Å². The zero-order valence-electron chi connectivity index (χ0n) is 15.8. The second-order valence-corrected chi connectivity index (χ2v) is 10.1. The van der Waals surface area contributed by atoms with Crippen LogP contribution >= 0.6 is 0 Å². The van der Waals surface area contributed by atoms with Crippen molar-refractivity contribution in [2.24, 2.45) is 0 Å². The molecule has 0 unspecified atom stereocenters. The summed E-state index contributed by atoms with van der Waals surface area (Å²) in [4.78, 5) is 19.9. The molecule has 2 aliphatic carbocycles. The average Bonchev–Trinajstić information content (AvgIpc) is 3.39. The summed E-state index contributed by atoms with van der Waals surface area (Å²) in [6, 6.07) is 8.26. The van der Waals surface area contributed by atoms with Crippen LogP contribution in [0.2, 0.25) is 0 Å². The molecule has 146 valence electrons. The van der Waals surface area contributed by atoms with E-state index in [0.29, 0.717) is 17.9 Å². The van der Waals surface area contributed by atoms with E-state index in [1.165, 1.54) is 25.5 Å². The molecule has 0 bridgehead atoms. The summed E-state index contributed by atoms with van der Waals surface area (Å²) in [5.41, 5.74) is 1.56. The van der Waals surface area contributed by atoms with E-state index >= 15 is 0 Å². The lowest BCUT2D eigenvalue weighted by molar-refractivity contribution is -0.135. The molecule has 7 heteroatoms. The third-order valence-electron chi connectivity index (χ3n) is 5.61. The van der Waals surface area contributed by atoms with Crippen LogP contribution < -0.4 is 0 Å². The van der Waals surface area contributed by atoms with Gasteiger partial charge in [-0.3, -0.25) is 4.79 Å². The minimum atomic E-state index is -3.24. The Kier molecular flexibility index (Phi) is 4.97. The molecule has 6 nitrogen and oxygen atoms in total. The number of carbonyl (C=O) groups is 1. The number of para-hydroxylation sites is 2. The van der Waals surface area contributed by atoms with Crippen LogP contribution in [-0.4, -0.2) is 47.1 Å². The fraction of sp³-hybridized carbons (Fsp3) is 0.600. The molecule has 0 spiro atoms. The summed E-state index contributed by atoms with van der Waals surface area (Å²) >= 11 is 0. The molecule has 0 saturated heterocycles. The van der Waals surface area contributed by atoms with Crippen molar-refractivity contribution in [1.29, 1.82) is 0 Å². The van der Waals surface area contributed by atoms with Crippen molar-refractivity contribution in [2.45, 2.75) is 69.3 Å². The molecule has 2 aliphatic rings. The van der Waals surface area contributed by atoms with E-state index in [4.69, 9.17) is 0 Å². The van der Waals surface area contributed by atoms with Crippen LogP contribution in [0.1, 0.15) is 50.8 Å². The predicted molar refractivity (Wildman–Crippen MR) is 105 cm³/mol. The van der Waals surface area contributed by atoms with E-state index in [0.717, 1.165) is 36.7 Å². The Bertz CT molecular complexity index is 941. The minimum Gasteiger partial charge on any atom is -0.335 e. The van der Waals surface area contributed by atoms with Crippen molar-refractivity contribution in [3.63, 3.8) is 0 Å². The van der Waals surface area contributed by atoms with Crippen LogP contribution in [0.25, 0.3) is 11.0 Å². The summed E-state index contributed by atoms with van der Waals surface area (Å²) in [5.74, 6) is 0.399. The number of nitrogens with zero attached hydrogens (tertiary/aromatic N) is 3. The second-order valence-electron chi connectivity index (χ2n) is 8.00. The molecule has 1 aromatic heterocycles. The van der Waals surface area contributed by atoms with E-state index in [1.54, 1.807) is 4.57 Å². The minimum absolute atomic E-state index is 0.0994. The lowest BCUT2D eigenvalue weighted by atomic mass is 9.94. The van der Waals surface area contributed by atoms with Gasteiger partial charge < -0.3 is 9.47 Å². The van der Waals surface area contributed by atoms with Crippen molar-refractivity contribution >= 4 is 26.8 Å². The highest BCUT2D eigenvalue weighted by Gasteiger charge is 2.38. The third kappa shape index (κ3) is 4.18. The summed E-state index contributed by atoms with van der Waals surface area (Å²) in [7, 11) is -3.24. The Labute approximate surface area is 160 Å². The van der Waals surface area contributed by atoms with Crippen LogP contribution in [0.4, 0.5) is 0 Å². The summed E-state index contributed by atoms with van der Waals surface area (Å²) < 4.78 is 25.5. The second kappa shape index (κ2) is 7.26. The lowest BCUT2D eigenvalue weighted by Crippen LogP contribution is -2.44. The van der Waals surface area contributed by atoms with Gasteiger partial charge in [-0.2, -0.15) is 0 Å². The Balaban J connectivity index is 1.64. The highest BCUT2D eigenvalue weighted by atomic mass is 32.2. The number of amides is 1. The molecular weight excluding hydrogens is 362 g/mol. The topological polar surface area (TPSA) is 72.3 Å². The Hall–Kier alpha value is -1.89. The largest absolute Gasteiger partial charge is 0.335 e.